The first kappa shape index (κ1) is 18.9. The molecule has 0 atom stereocenters. The maximum absolute atomic E-state index is 13.3. The summed E-state index contributed by atoms with van der Waals surface area (Å²) in [7, 11) is 1.86. The molecule has 1 amide bonds. The number of carbonyl (C=O) groups excluding carboxylic acids is 1. The average molecular weight is 361 g/mol. The van der Waals surface area contributed by atoms with Gasteiger partial charge in [-0.25, -0.2) is 4.68 Å². The number of hydrogen-bond donors (Lipinski definition) is 0. The molecular weight excluding hydrogens is 334 g/mol. The molecule has 3 aromatic rings. The first-order chi connectivity index (χ1) is 13.0. The lowest BCUT2D eigenvalue weighted by Gasteiger charge is -2.18. The fourth-order valence-electron chi connectivity index (χ4n) is 3.41. The van der Waals surface area contributed by atoms with Gasteiger partial charge in [0.25, 0.3) is 5.91 Å². The van der Waals surface area contributed by atoms with Crippen molar-refractivity contribution < 1.29 is 4.79 Å². The zero-order valence-corrected chi connectivity index (χ0v) is 16.6. The number of nitrogens with zero attached hydrogens (tertiary/aromatic N) is 3. The molecule has 0 N–H and O–H groups in total. The van der Waals surface area contributed by atoms with Gasteiger partial charge in [0.05, 0.1) is 22.6 Å². The molecule has 4 nitrogen and oxygen atoms in total. The molecule has 0 bridgehead atoms. The van der Waals surface area contributed by atoms with Crippen molar-refractivity contribution in [2.24, 2.45) is 0 Å². The number of carbonyl (C=O) groups is 1. The fraction of sp³-hybridized carbons (Fsp3) is 0.304. The Morgan fingerprint density at radius 1 is 1.04 bits per heavy atom. The molecule has 0 unspecified atom stereocenters. The van der Waals surface area contributed by atoms with E-state index in [2.05, 4.69) is 19.9 Å². The topological polar surface area (TPSA) is 38.1 Å². The van der Waals surface area contributed by atoms with Gasteiger partial charge in [-0.1, -0.05) is 61.9 Å². The van der Waals surface area contributed by atoms with Crippen molar-refractivity contribution in [1.82, 2.24) is 14.7 Å². The summed E-state index contributed by atoms with van der Waals surface area (Å²) in [6.07, 6.45) is 1.74. The molecule has 27 heavy (non-hydrogen) atoms. The third-order valence-corrected chi connectivity index (χ3v) is 4.84. The Labute approximate surface area is 161 Å². The molecule has 0 fully saturated rings. The summed E-state index contributed by atoms with van der Waals surface area (Å²) in [5.41, 5.74) is 5.80. The SMILES string of the molecule is CCCc1nn(-c2ccccc2C)c(C)c1C(=O)N(C)Cc1ccccc1. The molecule has 1 heterocycles. The second-order valence-electron chi connectivity index (χ2n) is 7.00. The predicted molar refractivity (Wildman–Crippen MR) is 109 cm³/mol. The molecule has 0 aliphatic heterocycles. The number of amides is 1. The van der Waals surface area contributed by atoms with Crippen LogP contribution in [-0.4, -0.2) is 27.6 Å². The van der Waals surface area contributed by atoms with Gasteiger partial charge in [-0.3, -0.25) is 4.79 Å². The number of para-hydroxylation sites is 1. The number of aromatic nitrogens is 2. The Balaban J connectivity index is 1.98. The molecule has 0 radical (unpaired) electrons. The lowest BCUT2D eigenvalue weighted by Crippen LogP contribution is -2.27. The Morgan fingerprint density at radius 2 is 1.70 bits per heavy atom. The maximum atomic E-state index is 13.3. The minimum absolute atomic E-state index is 0.0274. The van der Waals surface area contributed by atoms with Crippen LogP contribution in [0.4, 0.5) is 0 Å². The van der Waals surface area contributed by atoms with Crippen LogP contribution in [0.25, 0.3) is 5.69 Å². The molecule has 4 heteroatoms. The number of benzene rings is 2. The Hall–Kier alpha value is -2.88. The van der Waals surface area contributed by atoms with Crippen molar-refractivity contribution in [3.05, 3.63) is 82.7 Å². The van der Waals surface area contributed by atoms with Crippen LogP contribution in [0.2, 0.25) is 0 Å². The molecule has 1 aromatic heterocycles. The van der Waals surface area contributed by atoms with E-state index in [-0.39, 0.29) is 5.91 Å². The third-order valence-electron chi connectivity index (χ3n) is 4.84. The van der Waals surface area contributed by atoms with Crippen molar-refractivity contribution in [2.75, 3.05) is 7.05 Å². The van der Waals surface area contributed by atoms with E-state index < -0.39 is 0 Å². The highest BCUT2D eigenvalue weighted by Crippen LogP contribution is 2.23. The summed E-state index contributed by atoms with van der Waals surface area (Å²) in [4.78, 5) is 15.0. The van der Waals surface area contributed by atoms with Crippen LogP contribution in [0.1, 0.15) is 46.2 Å². The Morgan fingerprint density at radius 3 is 2.37 bits per heavy atom. The lowest BCUT2D eigenvalue weighted by atomic mass is 10.1. The van der Waals surface area contributed by atoms with Crippen LogP contribution in [0, 0.1) is 13.8 Å². The molecule has 2 aromatic carbocycles. The van der Waals surface area contributed by atoms with Gasteiger partial charge in [-0.2, -0.15) is 5.10 Å². The second-order valence-corrected chi connectivity index (χ2v) is 7.00. The van der Waals surface area contributed by atoms with Crippen LogP contribution in [0.3, 0.4) is 0 Å². The minimum Gasteiger partial charge on any atom is -0.337 e. The smallest absolute Gasteiger partial charge is 0.257 e. The van der Waals surface area contributed by atoms with Gasteiger partial charge in [0.2, 0.25) is 0 Å². The highest BCUT2D eigenvalue weighted by Gasteiger charge is 2.24. The van der Waals surface area contributed by atoms with Crippen molar-refractivity contribution in [3.8, 4) is 5.69 Å². The van der Waals surface area contributed by atoms with Crippen LogP contribution in [0.15, 0.2) is 54.6 Å². The highest BCUT2D eigenvalue weighted by atomic mass is 16.2. The molecule has 0 spiro atoms. The fourth-order valence-corrected chi connectivity index (χ4v) is 3.41. The molecule has 140 valence electrons. The molecule has 0 aliphatic rings. The van der Waals surface area contributed by atoms with E-state index in [9.17, 15) is 4.79 Å². The van der Waals surface area contributed by atoms with Gasteiger partial charge in [0.1, 0.15) is 0 Å². The van der Waals surface area contributed by atoms with E-state index in [0.29, 0.717) is 6.54 Å². The normalized spacial score (nSPS) is 10.8. The van der Waals surface area contributed by atoms with Crippen LogP contribution >= 0.6 is 0 Å². The monoisotopic (exact) mass is 361 g/mol. The number of aryl methyl sites for hydroxylation is 2. The molecule has 0 aliphatic carbocycles. The summed E-state index contributed by atoms with van der Waals surface area (Å²) in [6, 6.07) is 18.2. The summed E-state index contributed by atoms with van der Waals surface area (Å²) in [5.74, 6) is 0.0274. The van der Waals surface area contributed by atoms with Crippen LogP contribution in [0.5, 0.6) is 0 Å². The van der Waals surface area contributed by atoms with E-state index in [4.69, 9.17) is 5.10 Å². The molecule has 3 rings (SSSR count). The zero-order chi connectivity index (χ0) is 19.4. The maximum Gasteiger partial charge on any atom is 0.257 e. The van der Waals surface area contributed by atoms with Crippen molar-refractivity contribution in [1.29, 1.82) is 0 Å². The van der Waals surface area contributed by atoms with Gasteiger partial charge < -0.3 is 4.90 Å². The van der Waals surface area contributed by atoms with E-state index in [1.165, 1.54) is 0 Å². The predicted octanol–water partition coefficient (Wildman–Crippen LogP) is 4.71. The minimum atomic E-state index is 0.0274. The Bertz CT molecular complexity index is 928. The first-order valence-corrected chi connectivity index (χ1v) is 9.46. The third kappa shape index (κ3) is 3.95. The standard InChI is InChI=1S/C23H27N3O/c1-5-11-20-22(23(27)25(4)16-19-13-7-6-8-14-19)18(3)26(24-20)21-15-10-9-12-17(21)2/h6-10,12-15H,5,11,16H2,1-4H3. The van der Waals surface area contributed by atoms with Gasteiger partial charge in [0, 0.05) is 13.6 Å². The van der Waals surface area contributed by atoms with Crippen molar-refractivity contribution in [2.45, 2.75) is 40.2 Å². The first-order valence-electron chi connectivity index (χ1n) is 9.46. The largest absolute Gasteiger partial charge is 0.337 e. The van der Waals surface area contributed by atoms with Gasteiger partial charge >= 0.3 is 0 Å². The summed E-state index contributed by atoms with van der Waals surface area (Å²) in [5, 5.41) is 4.81. The van der Waals surface area contributed by atoms with E-state index in [1.54, 1.807) is 4.90 Å². The quantitative estimate of drug-likeness (QED) is 0.637. The van der Waals surface area contributed by atoms with E-state index >= 15 is 0 Å². The molecule has 0 saturated carbocycles. The number of hydrogen-bond acceptors (Lipinski definition) is 2. The highest BCUT2D eigenvalue weighted by molar-refractivity contribution is 5.96. The van der Waals surface area contributed by atoms with Crippen molar-refractivity contribution in [3.63, 3.8) is 0 Å². The van der Waals surface area contributed by atoms with Gasteiger partial charge in [0.15, 0.2) is 0 Å². The molecule has 0 saturated heterocycles. The lowest BCUT2D eigenvalue weighted by molar-refractivity contribution is 0.0783. The van der Waals surface area contributed by atoms with Gasteiger partial charge in [-0.15, -0.1) is 0 Å². The van der Waals surface area contributed by atoms with Crippen molar-refractivity contribution >= 4 is 5.91 Å². The summed E-state index contributed by atoms with van der Waals surface area (Å²) >= 11 is 0. The second kappa shape index (κ2) is 8.21. The number of rotatable bonds is 6. The van der Waals surface area contributed by atoms with Gasteiger partial charge in [-0.05, 0) is 37.5 Å². The van der Waals surface area contributed by atoms with Crippen LogP contribution in [-0.2, 0) is 13.0 Å². The zero-order valence-electron chi connectivity index (χ0n) is 16.6. The van der Waals surface area contributed by atoms with Crippen LogP contribution < -0.4 is 0 Å². The van der Waals surface area contributed by atoms with E-state index in [1.807, 2.05) is 67.2 Å². The summed E-state index contributed by atoms with van der Waals surface area (Å²) < 4.78 is 1.92. The Kier molecular flexibility index (Phi) is 5.75. The van der Waals surface area contributed by atoms with E-state index in [0.717, 1.165) is 46.6 Å². The molecular formula is C23H27N3O. The summed E-state index contributed by atoms with van der Waals surface area (Å²) in [6.45, 7) is 6.76. The average Bonchev–Trinajstić information content (AvgIpc) is 2.98.